The molecule has 0 radical (unpaired) electrons. The summed E-state index contributed by atoms with van der Waals surface area (Å²) in [5, 5.41) is 6.84. The summed E-state index contributed by atoms with van der Waals surface area (Å²) in [5.41, 5.74) is -0.715. The van der Waals surface area contributed by atoms with E-state index >= 15 is 0 Å². The van der Waals surface area contributed by atoms with E-state index in [1.165, 1.54) is 40.4 Å². The molecule has 40 heavy (non-hydrogen) atoms. The molecule has 3 heterocycles. The minimum absolute atomic E-state index is 0.00734. The molecule has 214 valence electrons. The number of carbonyl (C=O) groups is 2. The Balaban J connectivity index is 1.81. The Bertz CT molecular complexity index is 1570. The van der Waals surface area contributed by atoms with Crippen LogP contribution < -0.4 is 10.9 Å². The van der Waals surface area contributed by atoms with Gasteiger partial charge in [-0.1, -0.05) is 41.4 Å². The number of hydrogen-bond acceptors (Lipinski definition) is 5. The van der Waals surface area contributed by atoms with Crippen LogP contribution in [-0.2, 0) is 32.6 Å². The molecule has 0 unspecified atom stereocenters. The van der Waals surface area contributed by atoms with Crippen molar-refractivity contribution in [1.29, 1.82) is 0 Å². The largest absolute Gasteiger partial charge is 0.417 e. The maximum absolute atomic E-state index is 13.9. The molecule has 9 nitrogen and oxygen atoms in total. The van der Waals surface area contributed by atoms with Crippen molar-refractivity contribution in [2.45, 2.75) is 52.4 Å². The number of aromatic nitrogens is 4. The number of nitrogens with zero attached hydrogens (tertiary/aromatic N) is 5. The first kappa shape index (κ1) is 29.8. The van der Waals surface area contributed by atoms with Gasteiger partial charge in [0.1, 0.15) is 16.5 Å². The molecule has 1 atom stereocenters. The highest BCUT2D eigenvalue weighted by Gasteiger charge is 2.36. The molecule has 4 rings (SSSR count). The lowest BCUT2D eigenvalue weighted by molar-refractivity contribution is -0.138. The number of alkyl halides is 3. The van der Waals surface area contributed by atoms with E-state index in [9.17, 15) is 27.6 Å². The van der Waals surface area contributed by atoms with E-state index in [4.69, 9.17) is 16.6 Å². The minimum atomic E-state index is -4.64. The summed E-state index contributed by atoms with van der Waals surface area (Å²) >= 11 is 9.45. The molecular weight excluding hydrogens is 617 g/mol. The Morgan fingerprint density at radius 3 is 2.55 bits per heavy atom. The lowest BCUT2D eigenvalue weighted by atomic mass is 9.97. The van der Waals surface area contributed by atoms with Crippen LogP contribution in [0.2, 0.25) is 5.02 Å². The van der Waals surface area contributed by atoms with Gasteiger partial charge in [-0.3, -0.25) is 19.1 Å². The fourth-order valence-electron chi connectivity index (χ4n) is 4.73. The van der Waals surface area contributed by atoms with Crippen LogP contribution >= 0.6 is 27.5 Å². The average molecular weight is 644 g/mol. The van der Waals surface area contributed by atoms with E-state index in [2.05, 4.69) is 26.3 Å². The maximum Gasteiger partial charge on any atom is 0.417 e. The van der Waals surface area contributed by atoms with Crippen LogP contribution in [0.25, 0.3) is 5.82 Å². The van der Waals surface area contributed by atoms with Gasteiger partial charge >= 0.3 is 6.18 Å². The van der Waals surface area contributed by atoms with Crippen molar-refractivity contribution in [1.82, 2.24) is 29.5 Å². The van der Waals surface area contributed by atoms with Crippen molar-refractivity contribution in [2.75, 3.05) is 7.05 Å². The topological polar surface area (TPSA) is 102 Å². The normalized spacial score (nSPS) is 15.4. The summed E-state index contributed by atoms with van der Waals surface area (Å²) in [7, 11) is 2.99. The Kier molecular flexibility index (Phi) is 8.19. The Hall–Kier alpha value is -3.19. The quantitative estimate of drug-likeness (QED) is 0.440. The van der Waals surface area contributed by atoms with Gasteiger partial charge in [-0.2, -0.15) is 18.3 Å². The zero-order valence-electron chi connectivity index (χ0n) is 22.4. The molecule has 3 aromatic rings. The molecular formula is C26H27BrClF3N6O3. The van der Waals surface area contributed by atoms with Crippen molar-refractivity contribution in [3.63, 3.8) is 0 Å². The summed E-state index contributed by atoms with van der Waals surface area (Å²) in [6.45, 7) is 5.53. The summed E-state index contributed by atoms with van der Waals surface area (Å²) < 4.78 is 42.8. The lowest BCUT2D eigenvalue weighted by Crippen LogP contribution is -2.46. The third-order valence-corrected chi connectivity index (χ3v) is 7.72. The molecule has 1 aliphatic heterocycles. The standard InChI is InChI=1S/C26H27BrClF3N6O3/c1-12(2)8-19-33-18-11-36(24(39)14-6-7-17(27)16(10-14)26(29,30)31)13(3)9-15(18)25(40)37(19)22-20(28)21(23(38)32-4)35(5)34-22/h6-7,10,12-13H,8-9,11H2,1-5H3,(H,32,38)/t13-/m1/s1. The van der Waals surface area contributed by atoms with Crippen LogP contribution in [-0.4, -0.2) is 49.1 Å². The van der Waals surface area contributed by atoms with Crippen molar-refractivity contribution in [2.24, 2.45) is 13.0 Å². The first-order chi connectivity index (χ1) is 18.6. The number of nitrogens with one attached hydrogen (secondary N) is 1. The van der Waals surface area contributed by atoms with Crippen LogP contribution in [0, 0.1) is 5.92 Å². The summed E-state index contributed by atoms with van der Waals surface area (Å²) in [6, 6.07) is 2.82. The Morgan fingerprint density at radius 1 is 1.27 bits per heavy atom. The van der Waals surface area contributed by atoms with Crippen LogP contribution in [0.1, 0.15) is 64.3 Å². The smallest absolute Gasteiger partial charge is 0.354 e. The number of amides is 2. The zero-order valence-corrected chi connectivity index (χ0v) is 24.7. The second-order valence-electron chi connectivity index (χ2n) is 10.1. The van der Waals surface area contributed by atoms with E-state index in [0.29, 0.717) is 23.5 Å². The first-order valence-corrected chi connectivity index (χ1v) is 13.6. The highest BCUT2D eigenvalue weighted by molar-refractivity contribution is 9.10. The van der Waals surface area contributed by atoms with Crippen molar-refractivity contribution in [3.8, 4) is 5.82 Å². The lowest BCUT2D eigenvalue weighted by Gasteiger charge is -2.34. The predicted molar refractivity (Wildman–Crippen MR) is 146 cm³/mol. The minimum Gasteiger partial charge on any atom is -0.354 e. The average Bonchev–Trinajstić information content (AvgIpc) is 3.16. The van der Waals surface area contributed by atoms with E-state index in [1.807, 2.05) is 13.8 Å². The Labute approximate surface area is 241 Å². The predicted octanol–water partition coefficient (Wildman–Crippen LogP) is 4.55. The van der Waals surface area contributed by atoms with Gasteiger partial charge in [-0.25, -0.2) is 9.55 Å². The third-order valence-electron chi connectivity index (χ3n) is 6.68. The zero-order chi connectivity index (χ0) is 29.7. The van der Waals surface area contributed by atoms with Crippen molar-refractivity contribution < 1.29 is 22.8 Å². The molecule has 1 N–H and O–H groups in total. The molecule has 0 saturated carbocycles. The summed E-state index contributed by atoms with van der Waals surface area (Å²) in [5.74, 6) is -0.594. The molecule has 1 aliphatic rings. The van der Waals surface area contributed by atoms with Gasteiger partial charge in [-0.15, -0.1) is 0 Å². The highest BCUT2D eigenvalue weighted by Crippen LogP contribution is 2.36. The highest BCUT2D eigenvalue weighted by atomic mass is 79.9. The van der Waals surface area contributed by atoms with Gasteiger partial charge in [0.25, 0.3) is 17.4 Å². The molecule has 0 aliphatic carbocycles. The number of carbonyl (C=O) groups excluding carboxylic acids is 2. The Morgan fingerprint density at radius 2 is 1.95 bits per heavy atom. The van der Waals surface area contributed by atoms with E-state index in [-0.39, 0.29) is 45.5 Å². The monoisotopic (exact) mass is 642 g/mol. The molecule has 0 bridgehead atoms. The molecule has 0 saturated heterocycles. The number of benzene rings is 1. The molecule has 1 aromatic carbocycles. The molecule has 2 aromatic heterocycles. The number of aryl methyl sites for hydroxylation is 1. The fourth-order valence-corrected chi connectivity index (χ4v) is 5.54. The first-order valence-electron chi connectivity index (χ1n) is 12.4. The van der Waals surface area contributed by atoms with Crippen molar-refractivity contribution >= 4 is 39.3 Å². The van der Waals surface area contributed by atoms with Gasteiger partial charge < -0.3 is 10.2 Å². The van der Waals surface area contributed by atoms with Crippen LogP contribution in [0.15, 0.2) is 27.5 Å². The number of fused-ring (bicyclic) bond motifs is 1. The summed E-state index contributed by atoms with van der Waals surface area (Å²) in [6.07, 6.45) is -4.17. The van der Waals surface area contributed by atoms with Gasteiger partial charge in [0.05, 0.1) is 17.8 Å². The van der Waals surface area contributed by atoms with Gasteiger partial charge in [0.15, 0.2) is 5.82 Å². The molecule has 14 heteroatoms. The fraction of sp³-hybridized carbons (Fsp3) is 0.423. The molecule has 0 fully saturated rings. The van der Waals surface area contributed by atoms with Crippen LogP contribution in [0.3, 0.4) is 0 Å². The van der Waals surface area contributed by atoms with Gasteiger partial charge in [-0.05, 0) is 37.5 Å². The molecule has 0 spiro atoms. The second-order valence-corrected chi connectivity index (χ2v) is 11.3. The SMILES string of the molecule is CNC(=O)c1c(Cl)c(-n2c(CC(C)C)nc3c(c2=O)C[C@@H](C)N(C(=O)c2ccc(Br)c(C(F)(F)F)c2)C3)nn1C. The van der Waals surface area contributed by atoms with Crippen molar-refractivity contribution in [3.05, 3.63) is 72.0 Å². The third kappa shape index (κ3) is 5.40. The van der Waals surface area contributed by atoms with Crippen LogP contribution in [0.5, 0.6) is 0 Å². The summed E-state index contributed by atoms with van der Waals surface area (Å²) in [4.78, 5) is 45.8. The maximum atomic E-state index is 13.9. The number of halogens is 5. The van der Waals surface area contributed by atoms with Crippen LogP contribution in [0.4, 0.5) is 13.2 Å². The molecule has 2 amide bonds. The van der Waals surface area contributed by atoms with E-state index < -0.39 is 35.2 Å². The van der Waals surface area contributed by atoms with Gasteiger partial charge in [0, 0.05) is 42.2 Å². The number of rotatable bonds is 5. The van der Waals surface area contributed by atoms with Gasteiger partial charge in [0.2, 0.25) is 0 Å². The van der Waals surface area contributed by atoms with E-state index in [1.54, 1.807) is 6.92 Å². The van der Waals surface area contributed by atoms with E-state index in [0.717, 1.165) is 6.07 Å². The second kappa shape index (κ2) is 11.0. The number of hydrogen-bond donors (Lipinski definition) is 1.